The van der Waals surface area contributed by atoms with Gasteiger partial charge in [-0.3, -0.25) is 9.36 Å². The van der Waals surface area contributed by atoms with Crippen LogP contribution in [-0.2, 0) is 6.54 Å². The molecule has 0 saturated heterocycles. The molecule has 0 radical (unpaired) electrons. The standard InChI is InChI=1S/C24H18N2O2S/c1-28-18-11-7-10-17(14-18)22-25-23-21(19-12-5-6-13-20(19)29-23)24(27)26(22)15-16-8-3-2-4-9-16/h2-14H,15H2,1H3. The summed E-state index contributed by atoms with van der Waals surface area (Å²) in [6.45, 7) is 0.458. The summed E-state index contributed by atoms with van der Waals surface area (Å²) in [7, 11) is 1.64. The van der Waals surface area contributed by atoms with Crippen LogP contribution in [0.15, 0.2) is 83.7 Å². The summed E-state index contributed by atoms with van der Waals surface area (Å²) in [4.78, 5) is 19.4. The number of methoxy groups -OCH3 is 1. The first-order valence-electron chi connectivity index (χ1n) is 9.35. The molecule has 5 rings (SSSR count). The molecule has 0 unspecified atom stereocenters. The molecule has 142 valence electrons. The van der Waals surface area contributed by atoms with E-state index in [1.165, 1.54) is 0 Å². The molecule has 29 heavy (non-hydrogen) atoms. The minimum atomic E-state index is -0.0193. The lowest BCUT2D eigenvalue weighted by Crippen LogP contribution is -2.23. The number of rotatable bonds is 4. The zero-order valence-corrected chi connectivity index (χ0v) is 16.6. The highest BCUT2D eigenvalue weighted by Gasteiger charge is 2.17. The first-order chi connectivity index (χ1) is 14.2. The predicted octanol–water partition coefficient (Wildman–Crippen LogP) is 5.34. The number of ether oxygens (including phenoxy) is 1. The summed E-state index contributed by atoms with van der Waals surface area (Å²) >= 11 is 1.55. The number of aromatic nitrogens is 2. The monoisotopic (exact) mass is 398 g/mol. The van der Waals surface area contributed by atoms with Crippen molar-refractivity contribution < 1.29 is 4.74 Å². The minimum absolute atomic E-state index is 0.0193. The lowest BCUT2D eigenvalue weighted by Gasteiger charge is -2.13. The van der Waals surface area contributed by atoms with E-state index in [1.807, 2.05) is 78.9 Å². The summed E-state index contributed by atoms with van der Waals surface area (Å²) in [6.07, 6.45) is 0. The second-order valence-electron chi connectivity index (χ2n) is 6.82. The smallest absolute Gasteiger partial charge is 0.263 e. The fraction of sp³-hybridized carbons (Fsp3) is 0.0833. The van der Waals surface area contributed by atoms with Gasteiger partial charge in [0.15, 0.2) is 0 Å². The number of nitrogens with zero attached hydrogens (tertiary/aromatic N) is 2. The van der Waals surface area contributed by atoms with Crippen LogP contribution in [0.2, 0.25) is 0 Å². The van der Waals surface area contributed by atoms with E-state index >= 15 is 0 Å². The average molecular weight is 398 g/mol. The quantitative estimate of drug-likeness (QED) is 0.411. The highest BCUT2D eigenvalue weighted by Crippen LogP contribution is 2.32. The van der Waals surface area contributed by atoms with Crippen LogP contribution in [0.25, 0.3) is 31.7 Å². The molecule has 0 atom stereocenters. The third-order valence-electron chi connectivity index (χ3n) is 5.01. The van der Waals surface area contributed by atoms with Gasteiger partial charge in [-0.1, -0.05) is 60.7 Å². The highest BCUT2D eigenvalue weighted by atomic mass is 32.1. The van der Waals surface area contributed by atoms with Gasteiger partial charge in [-0.2, -0.15) is 0 Å². The Kier molecular flexibility index (Phi) is 4.37. The zero-order valence-electron chi connectivity index (χ0n) is 15.8. The summed E-state index contributed by atoms with van der Waals surface area (Å²) < 4.78 is 8.23. The normalized spacial score (nSPS) is 11.2. The van der Waals surface area contributed by atoms with Gasteiger partial charge in [0.2, 0.25) is 0 Å². The zero-order chi connectivity index (χ0) is 19.8. The molecular weight excluding hydrogens is 380 g/mol. The fourth-order valence-electron chi connectivity index (χ4n) is 3.60. The first kappa shape index (κ1) is 17.6. The Bertz CT molecular complexity index is 1390. The Morgan fingerprint density at radius 3 is 2.59 bits per heavy atom. The molecule has 0 amide bonds. The molecule has 2 heterocycles. The molecule has 3 aromatic carbocycles. The van der Waals surface area contributed by atoms with E-state index < -0.39 is 0 Å². The van der Waals surface area contributed by atoms with Gasteiger partial charge in [0.05, 0.1) is 19.0 Å². The Balaban J connectivity index is 1.83. The molecular formula is C24H18N2O2S. The van der Waals surface area contributed by atoms with Gasteiger partial charge in [-0.05, 0) is 23.8 Å². The predicted molar refractivity (Wildman–Crippen MR) is 119 cm³/mol. The van der Waals surface area contributed by atoms with Crippen molar-refractivity contribution in [3.05, 3.63) is 94.8 Å². The van der Waals surface area contributed by atoms with Gasteiger partial charge in [0, 0.05) is 15.6 Å². The molecule has 0 N–H and O–H groups in total. The van der Waals surface area contributed by atoms with E-state index in [0.29, 0.717) is 17.8 Å². The Morgan fingerprint density at radius 1 is 0.966 bits per heavy atom. The van der Waals surface area contributed by atoms with E-state index in [9.17, 15) is 4.79 Å². The van der Waals surface area contributed by atoms with Crippen LogP contribution in [0.4, 0.5) is 0 Å². The van der Waals surface area contributed by atoms with Crippen LogP contribution in [0.5, 0.6) is 5.75 Å². The van der Waals surface area contributed by atoms with E-state index in [-0.39, 0.29) is 5.56 Å². The lowest BCUT2D eigenvalue weighted by atomic mass is 10.1. The van der Waals surface area contributed by atoms with Gasteiger partial charge in [-0.15, -0.1) is 11.3 Å². The third-order valence-corrected chi connectivity index (χ3v) is 6.08. The molecule has 0 fully saturated rings. The van der Waals surface area contributed by atoms with Crippen LogP contribution < -0.4 is 10.3 Å². The van der Waals surface area contributed by atoms with Gasteiger partial charge in [-0.25, -0.2) is 4.98 Å². The van der Waals surface area contributed by atoms with Crippen molar-refractivity contribution in [2.75, 3.05) is 7.11 Å². The van der Waals surface area contributed by atoms with Crippen molar-refractivity contribution in [2.45, 2.75) is 6.54 Å². The molecule has 4 nitrogen and oxygen atoms in total. The topological polar surface area (TPSA) is 44.1 Å². The molecule has 0 aliphatic rings. The number of hydrogen-bond donors (Lipinski definition) is 0. The number of thiophene rings is 1. The number of fused-ring (bicyclic) bond motifs is 3. The van der Waals surface area contributed by atoms with Crippen LogP contribution in [0.3, 0.4) is 0 Å². The lowest BCUT2D eigenvalue weighted by molar-refractivity contribution is 0.415. The van der Waals surface area contributed by atoms with Crippen molar-refractivity contribution in [2.24, 2.45) is 0 Å². The van der Waals surface area contributed by atoms with Crippen molar-refractivity contribution in [1.82, 2.24) is 9.55 Å². The Morgan fingerprint density at radius 2 is 1.76 bits per heavy atom. The second-order valence-corrected chi connectivity index (χ2v) is 7.85. The largest absolute Gasteiger partial charge is 0.497 e. The summed E-state index contributed by atoms with van der Waals surface area (Å²) in [5.41, 5.74) is 1.89. The molecule has 0 aliphatic heterocycles. The molecule has 5 aromatic rings. The van der Waals surface area contributed by atoms with Crippen molar-refractivity contribution in [3.8, 4) is 17.1 Å². The first-order valence-corrected chi connectivity index (χ1v) is 10.2. The van der Waals surface area contributed by atoms with E-state index in [2.05, 4.69) is 0 Å². The maximum Gasteiger partial charge on any atom is 0.263 e. The second kappa shape index (κ2) is 7.18. The van der Waals surface area contributed by atoms with E-state index in [1.54, 1.807) is 23.0 Å². The fourth-order valence-corrected chi connectivity index (χ4v) is 4.67. The molecule has 0 spiro atoms. The SMILES string of the molecule is COc1cccc(-c2nc3sc4ccccc4c3c(=O)n2Cc2ccccc2)c1. The van der Waals surface area contributed by atoms with E-state index in [4.69, 9.17) is 9.72 Å². The average Bonchev–Trinajstić information content (AvgIpc) is 3.15. The highest BCUT2D eigenvalue weighted by molar-refractivity contribution is 7.25. The number of hydrogen-bond acceptors (Lipinski definition) is 4. The minimum Gasteiger partial charge on any atom is -0.497 e. The van der Waals surface area contributed by atoms with Crippen LogP contribution in [0.1, 0.15) is 5.56 Å². The molecule has 0 bridgehead atoms. The van der Waals surface area contributed by atoms with Crippen molar-refractivity contribution in [1.29, 1.82) is 0 Å². The van der Waals surface area contributed by atoms with Crippen molar-refractivity contribution in [3.63, 3.8) is 0 Å². The number of benzene rings is 3. The summed E-state index contributed by atoms with van der Waals surface area (Å²) in [6, 6.07) is 25.7. The Labute approximate surface area is 171 Å². The van der Waals surface area contributed by atoms with Crippen molar-refractivity contribution >= 4 is 31.6 Å². The molecule has 5 heteroatoms. The van der Waals surface area contributed by atoms with E-state index in [0.717, 1.165) is 31.8 Å². The maximum absolute atomic E-state index is 13.7. The molecule has 2 aromatic heterocycles. The Hall–Kier alpha value is -3.44. The molecule has 0 aliphatic carbocycles. The molecule has 0 saturated carbocycles. The summed E-state index contributed by atoms with van der Waals surface area (Å²) in [5.74, 6) is 1.39. The van der Waals surface area contributed by atoms with Crippen LogP contribution in [-0.4, -0.2) is 16.7 Å². The van der Waals surface area contributed by atoms with Gasteiger partial charge >= 0.3 is 0 Å². The van der Waals surface area contributed by atoms with Gasteiger partial charge in [0.25, 0.3) is 5.56 Å². The van der Waals surface area contributed by atoms with Crippen LogP contribution in [0, 0.1) is 0 Å². The third kappa shape index (κ3) is 3.09. The summed E-state index contributed by atoms with van der Waals surface area (Å²) in [5, 5.41) is 1.65. The van der Waals surface area contributed by atoms with Crippen LogP contribution >= 0.6 is 11.3 Å². The maximum atomic E-state index is 13.7. The van der Waals surface area contributed by atoms with Gasteiger partial charge in [0.1, 0.15) is 16.4 Å². The van der Waals surface area contributed by atoms with Gasteiger partial charge < -0.3 is 4.74 Å².